The molecule has 2 fully saturated rings. The Morgan fingerprint density at radius 2 is 2.00 bits per heavy atom. The average molecular weight is 526 g/mol. The van der Waals surface area contributed by atoms with Crippen LogP contribution < -0.4 is 10.6 Å². The van der Waals surface area contributed by atoms with Crippen molar-refractivity contribution in [2.45, 2.75) is 63.0 Å². The van der Waals surface area contributed by atoms with Crippen LogP contribution in [0.1, 0.15) is 56.1 Å². The van der Waals surface area contributed by atoms with Crippen LogP contribution in [0, 0.1) is 5.92 Å². The Morgan fingerprint density at radius 1 is 1.23 bits per heavy atom. The van der Waals surface area contributed by atoms with Crippen LogP contribution in [0.15, 0.2) is 29.3 Å². The number of nitrogens with one attached hydrogen (secondary N) is 2. The van der Waals surface area contributed by atoms with E-state index in [2.05, 4.69) is 21.7 Å². The molecule has 0 bridgehead atoms. The lowest BCUT2D eigenvalue weighted by Gasteiger charge is -2.27. The van der Waals surface area contributed by atoms with Crippen LogP contribution in [0.3, 0.4) is 0 Å². The Bertz CT molecular complexity index is 765. The highest BCUT2D eigenvalue weighted by Gasteiger charge is 2.37. The highest BCUT2D eigenvalue weighted by Crippen LogP contribution is 2.36. The van der Waals surface area contributed by atoms with E-state index in [-0.39, 0.29) is 35.9 Å². The molecule has 166 valence electrons. The lowest BCUT2D eigenvalue weighted by molar-refractivity contribution is -0.135. The molecule has 2 aliphatic carbocycles. The number of halogens is 1. The summed E-state index contributed by atoms with van der Waals surface area (Å²) in [5, 5.41) is 17.9. The number of aryl methyl sites for hydroxylation is 1. The molecule has 1 heterocycles. The lowest BCUT2D eigenvalue weighted by Crippen LogP contribution is -2.49. The summed E-state index contributed by atoms with van der Waals surface area (Å²) >= 11 is 0. The first-order valence-corrected chi connectivity index (χ1v) is 11.2. The fourth-order valence-electron chi connectivity index (χ4n) is 5.16. The van der Waals surface area contributed by atoms with E-state index < -0.39 is 5.60 Å². The van der Waals surface area contributed by atoms with Crippen molar-refractivity contribution in [1.82, 2.24) is 15.5 Å². The number of aliphatic hydroxyl groups is 1. The van der Waals surface area contributed by atoms with Gasteiger partial charge in [-0.25, -0.2) is 0 Å². The number of hydrogen-bond acceptors (Lipinski definition) is 3. The summed E-state index contributed by atoms with van der Waals surface area (Å²) in [6.07, 6.45) is 8.32. The number of hydrogen-bond donors (Lipinski definition) is 3. The molecular formula is C23H35IN4O2. The van der Waals surface area contributed by atoms with Crippen molar-refractivity contribution in [2.24, 2.45) is 10.9 Å². The van der Waals surface area contributed by atoms with Gasteiger partial charge in [-0.1, -0.05) is 43.5 Å². The van der Waals surface area contributed by atoms with Gasteiger partial charge in [0.15, 0.2) is 5.96 Å². The first kappa shape index (κ1) is 23.3. The Balaban J connectivity index is 0.00000256. The van der Waals surface area contributed by atoms with Crippen LogP contribution >= 0.6 is 24.0 Å². The second kappa shape index (κ2) is 10.3. The highest BCUT2D eigenvalue weighted by atomic mass is 127. The fraction of sp³-hybridized carbons (Fsp3) is 0.652. The van der Waals surface area contributed by atoms with Crippen molar-refractivity contribution in [2.75, 3.05) is 26.7 Å². The van der Waals surface area contributed by atoms with Crippen LogP contribution in [0.5, 0.6) is 0 Å². The normalized spacial score (nSPS) is 26.8. The Kier molecular flexibility index (Phi) is 8.01. The lowest BCUT2D eigenvalue weighted by atomic mass is 9.88. The van der Waals surface area contributed by atoms with Gasteiger partial charge in [-0.2, -0.15) is 0 Å². The molecule has 1 aliphatic heterocycles. The van der Waals surface area contributed by atoms with Gasteiger partial charge in [0.2, 0.25) is 5.91 Å². The van der Waals surface area contributed by atoms with Crippen molar-refractivity contribution < 1.29 is 9.90 Å². The minimum absolute atomic E-state index is 0. The molecule has 2 atom stereocenters. The van der Waals surface area contributed by atoms with Gasteiger partial charge in [0, 0.05) is 32.1 Å². The Hall–Kier alpha value is -1.35. The molecule has 1 aromatic carbocycles. The summed E-state index contributed by atoms with van der Waals surface area (Å²) < 4.78 is 0. The number of nitrogens with zero attached hydrogens (tertiary/aromatic N) is 2. The number of amides is 1. The quantitative estimate of drug-likeness (QED) is 0.321. The summed E-state index contributed by atoms with van der Waals surface area (Å²) in [7, 11) is 1.75. The predicted molar refractivity (Wildman–Crippen MR) is 130 cm³/mol. The highest BCUT2D eigenvalue weighted by molar-refractivity contribution is 14.0. The van der Waals surface area contributed by atoms with Crippen LogP contribution in [0.2, 0.25) is 0 Å². The molecule has 7 heteroatoms. The number of rotatable bonds is 4. The Morgan fingerprint density at radius 3 is 2.77 bits per heavy atom. The second-order valence-electron chi connectivity index (χ2n) is 8.86. The zero-order valence-corrected chi connectivity index (χ0v) is 20.2. The summed E-state index contributed by atoms with van der Waals surface area (Å²) in [4.78, 5) is 19.1. The van der Waals surface area contributed by atoms with E-state index in [0.717, 1.165) is 50.8 Å². The summed E-state index contributed by atoms with van der Waals surface area (Å²) in [6, 6.07) is 8.33. The van der Waals surface area contributed by atoms with Crippen molar-refractivity contribution in [1.29, 1.82) is 0 Å². The van der Waals surface area contributed by atoms with Crippen LogP contribution in [0.4, 0.5) is 0 Å². The summed E-state index contributed by atoms with van der Waals surface area (Å²) in [5.41, 5.74) is 1.40. The van der Waals surface area contributed by atoms with Gasteiger partial charge in [-0.05, 0) is 43.2 Å². The van der Waals surface area contributed by atoms with E-state index in [4.69, 9.17) is 0 Å². The number of carbonyl (C=O) groups excluding carboxylic acids is 1. The molecule has 3 aliphatic rings. The standard InChI is InChI=1S/C23H34N4O2.HI/c1-24-22(25-16-23(29)13-11-17-7-5-6-10-20(17)23)26-19-12-14-27(15-19)21(28)18-8-3-2-4-9-18;/h5-7,10,18-19,29H,2-4,8-9,11-16H2,1H3,(H2,24,25,26);1H. The number of fused-ring (bicyclic) bond motifs is 1. The molecule has 6 nitrogen and oxygen atoms in total. The molecule has 1 saturated heterocycles. The van der Waals surface area contributed by atoms with Gasteiger partial charge < -0.3 is 20.6 Å². The maximum absolute atomic E-state index is 12.8. The SMILES string of the molecule is CN=C(NCC1(O)CCc2ccccc21)NC1CCN(C(=O)C2CCCCC2)C1.I. The number of guanidine groups is 1. The van der Waals surface area contributed by atoms with Crippen LogP contribution in [-0.2, 0) is 16.8 Å². The van der Waals surface area contributed by atoms with Gasteiger partial charge in [0.25, 0.3) is 0 Å². The van der Waals surface area contributed by atoms with Crippen LogP contribution in [0.25, 0.3) is 0 Å². The Labute approximate surface area is 196 Å². The molecule has 0 radical (unpaired) electrons. The van der Waals surface area contributed by atoms with Gasteiger partial charge in [-0.3, -0.25) is 9.79 Å². The largest absolute Gasteiger partial charge is 0.383 e. The van der Waals surface area contributed by atoms with E-state index in [1.165, 1.54) is 24.8 Å². The monoisotopic (exact) mass is 526 g/mol. The molecule has 1 amide bonds. The molecular weight excluding hydrogens is 491 g/mol. The van der Waals surface area contributed by atoms with Crippen molar-refractivity contribution in [3.63, 3.8) is 0 Å². The van der Waals surface area contributed by atoms with E-state index in [9.17, 15) is 9.90 Å². The first-order chi connectivity index (χ1) is 14.1. The number of carbonyl (C=O) groups is 1. The summed E-state index contributed by atoms with van der Waals surface area (Å²) in [6.45, 7) is 1.99. The topological polar surface area (TPSA) is 77.0 Å². The number of aliphatic imine (C=N–C) groups is 1. The van der Waals surface area contributed by atoms with E-state index >= 15 is 0 Å². The number of benzene rings is 1. The average Bonchev–Trinajstić information content (AvgIpc) is 3.37. The van der Waals surface area contributed by atoms with E-state index in [1.807, 2.05) is 23.1 Å². The molecule has 2 unspecified atom stereocenters. The van der Waals surface area contributed by atoms with Gasteiger partial charge >= 0.3 is 0 Å². The molecule has 3 N–H and O–H groups in total. The van der Waals surface area contributed by atoms with Gasteiger partial charge in [0.05, 0.1) is 6.54 Å². The van der Waals surface area contributed by atoms with Crippen LogP contribution in [-0.4, -0.2) is 54.6 Å². The fourth-order valence-corrected chi connectivity index (χ4v) is 5.16. The predicted octanol–water partition coefficient (Wildman–Crippen LogP) is 2.78. The molecule has 1 saturated carbocycles. The third-order valence-corrected chi connectivity index (χ3v) is 6.89. The molecule has 0 spiro atoms. The smallest absolute Gasteiger partial charge is 0.225 e. The zero-order valence-electron chi connectivity index (χ0n) is 17.9. The van der Waals surface area contributed by atoms with Gasteiger partial charge in [0.1, 0.15) is 5.60 Å². The summed E-state index contributed by atoms with van der Waals surface area (Å²) in [5.74, 6) is 1.27. The van der Waals surface area contributed by atoms with Gasteiger partial charge in [-0.15, -0.1) is 24.0 Å². The van der Waals surface area contributed by atoms with Crippen molar-refractivity contribution >= 4 is 35.8 Å². The van der Waals surface area contributed by atoms with E-state index in [1.54, 1.807) is 7.05 Å². The zero-order chi connectivity index (χ0) is 20.3. The molecule has 4 rings (SSSR count). The number of likely N-dealkylation sites (tertiary alicyclic amines) is 1. The maximum Gasteiger partial charge on any atom is 0.225 e. The van der Waals surface area contributed by atoms with E-state index in [0.29, 0.717) is 18.4 Å². The minimum Gasteiger partial charge on any atom is -0.383 e. The molecule has 1 aromatic rings. The maximum atomic E-state index is 12.8. The molecule has 30 heavy (non-hydrogen) atoms. The third kappa shape index (κ3) is 5.10. The third-order valence-electron chi connectivity index (χ3n) is 6.89. The van der Waals surface area contributed by atoms with Crippen molar-refractivity contribution in [3.05, 3.63) is 35.4 Å². The first-order valence-electron chi connectivity index (χ1n) is 11.2. The van der Waals surface area contributed by atoms with Crippen molar-refractivity contribution in [3.8, 4) is 0 Å². The second-order valence-corrected chi connectivity index (χ2v) is 8.86. The molecule has 0 aromatic heterocycles. The minimum atomic E-state index is -0.854.